The number of aryl methyl sites for hydroxylation is 1. The van der Waals surface area contributed by atoms with Gasteiger partial charge in [0, 0.05) is 19.2 Å². The second kappa shape index (κ2) is 7.13. The first-order valence-corrected chi connectivity index (χ1v) is 7.93. The Morgan fingerprint density at radius 3 is 2.33 bits per heavy atom. The van der Waals surface area contributed by atoms with Gasteiger partial charge in [0.2, 0.25) is 11.8 Å². The number of nitrogens with zero attached hydrogens (tertiary/aromatic N) is 2. The first-order chi connectivity index (χ1) is 11.6. The Balaban J connectivity index is 1.69. The fourth-order valence-electron chi connectivity index (χ4n) is 2.51. The van der Waals surface area contributed by atoms with Crippen LogP contribution in [0.1, 0.15) is 17.0 Å². The molecule has 0 aliphatic carbocycles. The van der Waals surface area contributed by atoms with Crippen molar-refractivity contribution in [2.24, 2.45) is 0 Å². The van der Waals surface area contributed by atoms with Crippen LogP contribution in [0.25, 0.3) is 11.5 Å². The molecule has 0 fully saturated rings. The first-order valence-electron chi connectivity index (χ1n) is 7.93. The summed E-state index contributed by atoms with van der Waals surface area (Å²) in [5.41, 5.74) is 2.78. The van der Waals surface area contributed by atoms with Gasteiger partial charge in [-0.3, -0.25) is 4.79 Å². The molecule has 1 amide bonds. The molecular formula is C20H20N2O2. The van der Waals surface area contributed by atoms with Crippen LogP contribution in [0.2, 0.25) is 0 Å². The van der Waals surface area contributed by atoms with Crippen molar-refractivity contribution in [3.05, 3.63) is 77.7 Å². The van der Waals surface area contributed by atoms with Gasteiger partial charge in [-0.2, -0.15) is 0 Å². The monoisotopic (exact) mass is 320 g/mol. The summed E-state index contributed by atoms with van der Waals surface area (Å²) in [4.78, 5) is 18.6. The van der Waals surface area contributed by atoms with Crippen molar-refractivity contribution in [1.82, 2.24) is 9.88 Å². The smallest absolute Gasteiger partial charge is 0.230 e. The topological polar surface area (TPSA) is 46.3 Å². The number of rotatable bonds is 5. The van der Waals surface area contributed by atoms with Crippen molar-refractivity contribution in [1.29, 1.82) is 0 Å². The van der Waals surface area contributed by atoms with Gasteiger partial charge in [0.25, 0.3) is 0 Å². The van der Waals surface area contributed by atoms with Crippen LogP contribution >= 0.6 is 0 Å². The predicted molar refractivity (Wildman–Crippen MR) is 93.3 cm³/mol. The van der Waals surface area contributed by atoms with Crippen molar-refractivity contribution in [3.8, 4) is 11.5 Å². The van der Waals surface area contributed by atoms with Gasteiger partial charge in [-0.05, 0) is 24.6 Å². The van der Waals surface area contributed by atoms with Crippen LogP contribution in [0.3, 0.4) is 0 Å². The van der Waals surface area contributed by atoms with Crippen LogP contribution in [0.15, 0.2) is 65.1 Å². The fraction of sp³-hybridized carbons (Fsp3) is 0.200. The number of hydrogen-bond acceptors (Lipinski definition) is 3. The minimum Gasteiger partial charge on any atom is -0.440 e. The molecule has 0 unspecified atom stereocenters. The maximum absolute atomic E-state index is 12.5. The van der Waals surface area contributed by atoms with E-state index in [2.05, 4.69) is 4.98 Å². The molecule has 1 aromatic heterocycles. The van der Waals surface area contributed by atoms with Crippen LogP contribution in [-0.4, -0.2) is 22.8 Å². The molecular weight excluding hydrogens is 300 g/mol. The van der Waals surface area contributed by atoms with E-state index >= 15 is 0 Å². The second-order valence-electron chi connectivity index (χ2n) is 5.81. The highest BCUT2D eigenvalue weighted by atomic mass is 16.4. The van der Waals surface area contributed by atoms with Gasteiger partial charge in [-0.1, -0.05) is 48.5 Å². The van der Waals surface area contributed by atoms with Gasteiger partial charge in [-0.25, -0.2) is 4.98 Å². The SMILES string of the molecule is Cc1nc(-c2ccccc2)oc1CC(=O)N(C)Cc1ccccc1. The van der Waals surface area contributed by atoms with Crippen molar-refractivity contribution in [2.75, 3.05) is 7.05 Å². The van der Waals surface area contributed by atoms with E-state index < -0.39 is 0 Å². The molecule has 2 aromatic carbocycles. The van der Waals surface area contributed by atoms with E-state index in [1.807, 2.05) is 67.6 Å². The highest BCUT2D eigenvalue weighted by Gasteiger charge is 2.17. The molecule has 122 valence electrons. The van der Waals surface area contributed by atoms with Crippen LogP contribution in [0.4, 0.5) is 0 Å². The van der Waals surface area contributed by atoms with Crippen LogP contribution < -0.4 is 0 Å². The normalized spacial score (nSPS) is 10.6. The molecule has 3 rings (SSSR count). The fourth-order valence-corrected chi connectivity index (χ4v) is 2.51. The highest BCUT2D eigenvalue weighted by molar-refractivity contribution is 5.78. The summed E-state index contributed by atoms with van der Waals surface area (Å²) < 4.78 is 5.81. The minimum absolute atomic E-state index is 0.0118. The lowest BCUT2D eigenvalue weighted by Crippen LogP contribution is -2.27. The zero-order valence-electron chi connectivity index (χ0n) is 13.9. The standard InChI is InChI=1S/C20H20N2O2/c1-15-18(24-20(21-15)17-11-7-4-8-12-17)13-19(23)22(2)14-16-9-5-3-6-10-16/h3-12H,13-14H2,1-2H3. The lowest BCUT2D eigenvalue weighted by molar-refractivity contribution is -0.129. The Hall–Kier alpha value is -2.88. The number of hydrogen-bond donors (Lipinski definition) is 0. The number of carbonyl (C=O) groups is 1. The molecule has 0 aliphatic rings. The lowest BCUT2D eigenvalue weighted by atomic mass is 10.2. The second-order valence-corrected chi connectivity index (χ2v) is 5.81. The third-order valence-electron chi connectivity index (χ3n) is 3.91. The molecule has 0 aliphatic heterocycles. The minimum atomic E-state index is 0.0118. The van der Waals surface area contributed by atoms with Crippen molar-refractivity contribution in [2.45, 2.75) is 19.9 Å². The Kier molecular flexibility index (Phi) is 4.75. The molecule has 0 saturated carbocycles. The third-order valence-corrected chi connectivity index (χ3v) is 3.91. The predicted octanol–water partition coefficient (Wildman–Crippen LogP) is 3.85. The van der Waals surface area contributed by atoms with E-state index in [-0.39, 0.29) is 12.3 Å². The van der Waals surface area contributed by atoms with E-state index in [1.165, 1.54) is 0 Å². The molecule has 4 nitrogen and oxygen atoms in total. The molecule has 24 heavy (non-hydrogen) atoms. The third kappa shape index (κ3) is 3.71. The van der Waals surface area contributed by atoms with Crippen molar-refractivity contribution >= 4 is 5.91 Å². The van der Waals surface area contributed by atoms with E-state index in [0.29, 0.717) is 18.2 Å². The zero-order chi connectivity index (χ0) is 16.9. The van der Waals surface area contributed by atoms with Gasteiger partial charge < -0.3 is 9.32 Å². The summed E-state index contributed by atoms with van der Waals surface area (Å²) >= 11 is 0. The van der Waals surface area contributed by atoms with Gasteiger partial charge in [0.15, 0.2) is 0 Å². The quantitative estimate of drug-likeness (QED) is 0.717. The largest absolute Gasteiger partial charge is 0.440 e. The Labute approximate surface area is 141 Å². The average molecular weight is 320 g/mol. The molecule has 0 N–H and O–H groups in total. The van der Waals surface area contributed by atoms with E-state index in [1.54, 1.807) is 11.9 Å². The number of likely N-dealkylation sites (N-methyl/N-ethyl adjacent to an activating group) is 1. The zero-order valence-corrected chi connectivity index (χ0v) is 13.9. The summed E-state index contributed by atoms with van der Waals surface area (Å²) in [6.07, 6.45) is 0.217. The average Bonchev–Trinajstić information content (AvgIpc) is 2.97. The van der Waals surface area contributed by atoms with E-state index in [4.69, 9.17) is 4.42 Å². The molecule has 0 spiro atoms. The molecule has 0 atom stereocenters. The molecule has 0 saturated heterocycles. The van der Waals surface area contributed by atoms with Crippen LogP contribution in [-0.2, 0) is 17.8 Å². The molecule has 0 bridgehead atoms. The number of amides is 1. The van der Waals surface area contributed by atoms with Crippen LogP contribution in [0.5, 0.6) is 0 Å². The molecule has 3 aromatic rings. The summed E-state index contributed by atoms with van der Waals surface area (Å²) in [7, 11) is 1.80. The van der Waals surface area contributed by atoms with Gasteiger partial charge in [0.1, 0.15) is 5.76 Å². The Morgan fingerprint density at radius 2 is 1.67 bits per heavy atom. The highest BCUT2D eigenvalue weighted by Crippen LogP contribution is 2.22. The molecule has 4 heteroatoms. The van der Waals surface area contributed by atoms with E-state index in [0.717, 1.165) is 16.8 Å². The van der Waals surface area contributed by atoms with Gasteiger partial charge in [0.05, 0.1) is 12.1 Å². The maximum Gasteiger partial charge on any atom is 0.230 e. The lowest BCUT2D eigenvalue weighted by Gasteiger charge is -2.16. The Morgan fingerprint density at radius 1 is 1.04 bits per heavy atom. The van der Waals surface area contributed by atoms with Crippen LogP contribution in [0, 0.1) is 6.92 Å². The van der Waals surface area contributed by atoms with E-state index in [9.17, 15) is 4.79 Å². The summed E-state index contributed by atoms with van der Waals surface area (Å²) in [6.45, 7) is 2.45. The number of benzene rings is 2. The number of aromatic nitrogens is 1. The Bertz CT molecular complexity index is 810. The molecule has 0 radical (unpaired) electrons. The van der Waals surface area contributed by atoms with Crippen molar-refractivity contribution < 1.29 is 9.21 Å². The first kappa shape index (κ1) is 16.0. The van der Waals surface area contributed by atoms with Gasteiger partial charge in [-0.15, -0.1) is 0 Å². The summed E-state index contributed by atoms with van der Waals surface area (Å²) in [6, 6.07) is 19.6. The number of carbonyl (C=O) groups excluding carboxylic acids is 1. The molecule has 1 heterocycles. The summed E-state index contributed by atoms with van der Waals surface area (Å²) in [5.74, 6) is 1.19. The summed E-state index contributed by atoms with van der Waals surface area (Å²) in [5, 5.41) is 0. The van der Waals surface area contributed by atoms with Gasteiger partial charge >= 0.3 is 0 Å². The van der Waals surface area contributed by atoms with Crippen molar-refractivity contribution in [3.63, 3.8) is 0 Å². The maximum atomic E-state index is 12.5. The number of oxazole rings is 1.